The molecule has 4 aromatic carbocycles. The Morgan fingerprint density at radius 1 is 0.818 bits per heavy atom. The number of rotatable bonds is 9. The second-order valence-electron chi connectivity index (χ2n) is 10.8. The lowest BCUT2D eigenvalue weighted by atomic mass is 9.90. The van der Waals surface area contributed by atoms with Gasteiger partial charge in [0, 0.05) is 23.7 Å². The average molecular weight is 595 g/mol. The van der Waals surface area contributed by atoms with Crippen LogP contribution in [0.5, 0.6) is 40.2 Å². The summed E-state index contributed by atoms with van der Waals surface area (Å²) in [4.78, 5) is 17.9. The van der Waals surface area contributed by atoms with Crippen molar-refractivity contribution in [2.24, 2.45) is 4.99 Å². The van der Waals surface area contributed by atoms with E-state index in [1.54, 1.807) is 56.7 Å². The lowest BCUT2D eigenvalue weighted by Gasteiger charge is -2.28. The number of phenols is 2. The zero-order valence-corrected chi connectivity index (χ0v) is 24.8. The largest absolute Gasteiger partial charge is 0.504 e. The van der Waals surface area contributed by atoms with E-state index in [0.29, 0.717) is 65.0 Å². The smallest absolute Gasteiger partial charge is 0.211 e. The Morgan fingerprint density at radius 3 is 2.25 bits per heavy atom. The monoisotopic (exact) mass is 594 g/mol. The first-order valence-corrected chi connectivity index (χ1v) is 14.5. The van der Waals surface area contributed by atoms with E-state index in [2.05, 4.69) is 10.3 Å². The minimum absolute atomic E-state index is 0.0120. The number of ketones is 1. The number of fused-ring (bicyclic) bond motifs is 2. The number of hydrogen-bond donors (Lipinski definition) is 3. The van der Waals surface area contributed by atoms with Crippen LogP contribution in [-0.2, 0) is 19.3 Å². The summed E-state index contributed by atoms with van der Waals surface area (Å²) in [7, 11) is 4.64. The molecule has 9 heteroatoms. The summed E-state index contributed by atoms with van der Waals surface area (Å²) >= 11 is 0. The predicted molar refractivity (Wildman–Crippen MR) is 166 cm³/mol. The zero-order valence-electron chi connectivity index (χ0n) is 24.8. The van der Waals surface area contributed by atoms with Gasteiger partial charge < -0.3 is 34.5 Å². The Morgan fingerprint density at radius 2 is 1.52 bits per heavy atom. The zero-order chi connectivity index (χ0) is 30.8. The van der Waals surface area contributed by atoms with Crippen LogP contribution in [0.15, 0.2) is 71.7 Å². The standard InChI is InChI=1S/C35H34N2O7/c1-41-30-9-4-20(14-27-25-18-28(38)31(42-2)16-22(25)10-12-36-27)15-33(30)44-24-7-5-21(6-8-24)35(40)34-26-19-29(39)32(43-3)17-23(26)11-13-37-34/h4-9,15-19,27,36,38-39H,10-14H2,1-3H3/t27-/m0/s1. The van der Waals surface area contributed by atoms with Gasteiger partial charge in [-0.2, -0.15) is 0 Å². The first-order valence-electron chi connectivity index (χ1n) is 14.5. The summed E-state index contributed by atoms with van der Waals surface area (Å²) in [5, 5.41) is 24.3. The van der Waals surface area contributed by atoms with Crippen LogP contribution >= 0.6 is 0 Å². The third-order valence-corrected chi connectivity index (χ3v) is 8.14. The Balaban J connectivity index is 1.20. The fraction of sp³-hybridized carbons (Fsp3) is 0.257. The highest BCUT2D eigenvalue weighted by molar-refractivity contribution is 6.52. The van der Waals surface area contributed by atoms with Crippen molar-refractivity contribution in [1.29, 1.82) is 0 Å². The summed E-state index contributed by atoms with van der Waals surface area (Å²) in [5.41, 5.74) is 5.54. The number of methoxy groups -OCH3 is 3. The number of nitrogens with one attached hydrogen (secondary N) is 1. The molecule has 0 aromatic heterocycles. The van der Waals surface area contributed by atoms with E-state index < -0.39 is 0 Å². The molecule has 0 saturated carbocycles. The maximum absolute atomic E-state index is 13.4. The molecule has 2 aliphatic rings. The van der Waals surface area contributed by atoms with E-state index in [9.17, 15) is 15.0 Å². The number of phenolic OH excluding ortho intramolecular Hbond substituents is 2. The van der Waals surface area contributed by atoms with Crippen LogP contribution in [0.25, 0.3) is 0 Å². The van der Waals surface area contributed by atoms with Crippen molar-refractivity contribution in [3.8, 4) is 40.2 Å². The van der Waals surface area contributed by atoms with E-state index >= 15 is 0 Å². The van der Waals surface area contributed by atoms with Crippen LogP contribution < -0.4 is 24.3 Å². The quantitative estimate of drug-likeness (QED) is 0.215. The predicted octanol–water partition coefficient (Wildman–Crippen LogP) is 5.57. The van der Waals surface area contributed by atoms with E-state index in [0.717, 1.165) is 35.2 Å². The molecule has 0 spiro atoms. The third kappa shape index (κ3) is 5.66. The number of carbonyl (C=O) groups is 1. The summed E-state index contributed by atoms with van der Waals surface area (Å²) in [6.45, 7) is 1.31. The van der Waals surface area contributed by atoms with Crippen molar-refractivity contribution in [2.75, 3.05) is 34.4 Å². The van der Waals surface area contributed by atoms with Crippen LogP contribution in [0.1, 0.15) is 44.2 Å². The number of aromatic hydroxyl groups is 2. The van der Waals surface area contributed by atoms with Crippen LogP contribution in [0, 0.1) is 0 Å². The number of carbonyl (C=O) groups excluding carboxylic acids is 1. The first-order chi connectivity index (χ1) is 21.4. The molecule has 0 saturated heterocycles. The van der Waals surface area contributed by atoms with Gasteiger partial charge in [-0.15, -0.1) is 0 Å². The first kappa shape index (κ1) is 29.1. The van der Waals surface area contributed by atoms with Gasteiger partial charge in [0.1, 0.15) is 11.5 Å². The van der Waals surface area contributed by atoms with Crippen LogP contribution in [0.2, 0.25) is 0 Å². The fourth-order valence-corrected chi connectivity index (χ4v) is 5.87. The number of hydrogen-bond acceptors (Lipinski definition) is 9. The van der Waals surface area contributed by atoms with Crippen LogP contribution in [0.4, 0.5) is 0 Å². The molecule has 0 amide bonds. The fourth-order valence-electron chi connectivity index (χ4n) is 5.87. The molecule has 6 rings (SSSR count). The molecule has 1 atom stereocenters. The van der Waals surface area contributed by atoms with Gasteiger partial charge in [0.25, 0.3) is 0 Å². The number of Topliss-reactive ketones (excluding diaryl/α,β-unsaturated/α-hetero) is 1. The van der Waals surface area contributed by atoms with Gasteiger partial charge in [-0.3, -0.25) is 9.79 Å². The highest BCUT2D eigenvalue weighted by Gasteiger charge is 2.25. The molecular weight excluding hydrogens is 560 g/mol. The molecule has 4 aromatic rings. The molecular formula is C35H34N2O7. The molecule has 2 heterocycles. The molecule has 0 aliphatic carbocycles. The third-order valence-electron chi connectivity index (χ3n) is 8.14. The molecule has 9 nitrogen and oxygen atoms in total. The maximum Gasteiger partial charge on any atom is 0.211 e. The van der Waals surface area contributed by atoms with E-state index in [-0.39, 0.29) is 23.3 Å². The van der Waals surface area contributed by atoms with Gasteiger partial charge >= 0.3 is 0 Å². The van der Waals surface area contributed by atoms with Crippen molar-refractivity contribution in [2.45, 2.75) is 25.3 Å². The molecule has 0 radical (unpaired) electrons. The number of aliphatic imine (C=N–C) groups is 1. The van der Waals surface area contributed by atoms with Crippen LogP contribution in [-0.4, -0.2) is 56.1 Å². The summed E-state index contributed by atoms with van der Waals surface area (Å²) in [5.74, 6) is 2.39. The van der Waals surface area contributed by atoms with Crippen molar-refractivity contribution in [3.63, 3.8) is 0 Å². The van der Waals surface area contributed by atoms with Gasteiger partial charge in [0.05, 0.1) is 21.3 Å². The van der Waals surface area contributed by atoms with Crippen molar-refractivity contribution in [1.82, 2.24) is 5.32 Å². The van der Waals surface area contributed by atoms with Gasteiger partial charge in [-0.05, 0) is 109 Å². The van der Waals surface area contributed by atoms with Gasteiger partial charge in [-0.25, -0.2) is 0 Å². The molecule has 0 bridgehead atoms. The molecule has 3 N–H and O–H groups in total. The van der Waals surface area contributed by atoms with Crippen molar-refractivity contribution < 1.29 is 34.0 Å². The lowest BCUT2D eigenvalue weighted by Crippen LogP contribution is -2.31. The van der Waals surface area contributed by atoms with E-state index in [4.69, 9.17) is 18.9 Å². The molecule has 2 aliphatic heterocycles. The number of ether oxygens (including phenoxy) is 4. The van der Waals surface area contributed by atoms with E-state index in [1.165, 1.54) is 7.11 Å². The minimum atomic E-state index is -0.231. The summed E-state index contributed by atoms with van der Waals surface area (Å²) < 4.78 is 22.3. The SMILES string of the molecule is COc1cc2c(cc1O)C(C(=O)c1ccc(Oc3cc(C[C@@H]4NCCc5cc(OC)c(O)cc54)ccc3OC)cc1)=NCC2. The summed E-state index contributed by atoms with van der Waals surface area (Å²) in [6.07, 6.45) is 2.20. The second-order valence-corrected chi connectivity index (χ2v) is 10.8. The van der Waals surface area contributed by atoms with Gasteiger partial charge in [0.15, 0.2) is 34.5 Å². The number of benzene rings is 4. The second kappa shape index (κ2) is 12.3. The van der Waals surface area contributed by atoms with Gasteiger partial charge in [0.2, 0.25) is 5.78 Å². The van der Waals surface area contributed by atoms with Crippen LogP contribution in [0.3, 0.4) is 0 Å². The Kier molecular flexibility index (Phi) is 8.13. The van der Waals surface area contributed by atoms with E-state index in [1.807, 2.05) is 24.3 Å². The Bertz CT molecular complexity index is 1750. The summed E-state index contributed by atoms with van der Waals surface area (Å²) in [6, 6.07) is 19.7. The van der Waals surface area contributed by atoms with Crippen molar-refractivity contribution >= 4 is 11.5 Å². The number of nitrogens with zero attached hydrogens (tertiary/aromatic N) is 1. The Hall–Kier alpha value is -5.02. The van der Waals surface area contributed by atoms with Gasteiger partial charge in [-0.1, -0.05) is 6.07 Å². The lowest BCUT2D eigenvalue weighted by molar-refractivity contribution is 0.106. The minimum Gasteiger partial charge on any atom is -0.504 e. The van der Waals surface area contributed by atoms with Crippen molar-refractivity contribution in [3.05, 3.63) is 100 Å². The molecule has 0 fully saturated rings. The average Bonchev–Trinajstić information content (AvgIpc) is 3.04. The molecule has 44 heavy (non-hydrogen) atoms. The highest BCUT2D eigenvalue weighted by atomic mass is 16.5. The molecule has 0 unspecified atom stereocenters. The molecule has 226 valence electrons. The Labute approximate surface area is 255 Å². The normalized spacial score (nSPS) is 15.4. The maximum atomic E-state index is 13.4. The highest BCUT2D eigenvalue weighted by Crippen LogP contribution is 2.38. The topological polar surface area (TPSA) is 119 Å².